The van der Waals surface area contributed by atoms with E-state index in [1.165, 1.54) is 23.2 Å². The van der Waals surface area contributed by atoms with Crippen LogP contribution >= 0.6 is 0 Å². The smallest absolute Gasteiger partial charge is 0.416 e. The van der Waals surface area contributed by atoms with Gasteiger partial charge in [0.25, 0.3) is 11.9 Å². The van der Waals surface area contributed by atoms with E-state index in [0.29, 0.717) is 23.8 Å². The van der Waals surface area contributed by atoms with Gasteiger partial charge in [-0.3, -0.25) is 10.2 Å². The van der Waals surface area contributed by atoms with Crippen molar-refractivity contribution < 1.29 is 31.8 Å². The molecule has 1 fully saturated rings. The average molecular weight is 582 g/mol. The lowest BCUT2D eigenvalue weighted by atomic mass is 10.1. The van der Waals surface area contributed by atoms with Gasteiger partial charge in [0.05, 0.1) is 28.9 Å². The number of pyridine rings is 1. The van der Waals surface area contributed by atoms with Gasteiger partial charge in [0.2, 0.25) is 11.8 Å². The number of hydrogen-bond donors (Lipinski definition) is 3. The molecule has 5 rings (SSSR count). The van der Waals surface area contributed by atoms with Crippen LogP contribution in [0.3, 0.4) is 0 Å². The van der Waals surface area contributed by atoms with Gasteiger partial charge >= 0.3 is 6.18 Å². The van der Waals surface area contributed by atoms with Crippen molar-refractivity contribution in [3.05, 3.63) is 89.5 Å². The molecule has 2 aromatic carbocycles. The summed E-state index contributed by atoms with van der Waals surface area (Å²) in [6.07, 6.45) is -1.65. The van der Waals surface area contributed by atoms with Gasteiger partial charge in [-0.1, -0.05) is 6.07 Å². The molecular formula is C28H23F4N7O3. The molecule has 1 amide bonds. The highest BCUT2D eigenvalue weighted by atomic mass is 19.4. The van der Waals surface area contributed by atoms with Crippen molar-refractivity contribution in [1.29, 1.82) is 5.41 Å². The SMILES string of the molecule is CNc1nccc(-c2cccnc2Oc2ccc(F)c(C(=O)Nc3cc(C(F)(F)F)ccc3CN3CCOC3=N)c2)n1. The van der Waals surface area contributed by atoms with Gasteiger partial charge < -0.3 is 25.0 Å². The predicted molar refractivity (Wildman–Crippen MR) is 145 cm³/mol. The molecule has 0 bridgehead atoms. The maximum absolute atomic E-state index is 14.8. The predicted octanol–water partition coefficient (Wildman–Crippen LogP) is 5.55. The van der Waals surface area contributed by atoms with Crippen LogP contribution in [0.15, 0.2) is 67.0 Å². The van der Waals surface area contributed by atoms with Crippen LogP contribution in [-0.4, -0.2) is 52.0 Å². The van der Waals surface area contributed by atoms with Gasteiger partial charge in [-0.2, -0.15) is 13.2 Å². The maximum atomic E-state index is 14.8. The van der Waals surface area contributed by atoms with Crippen LogP contribution in [0.25, 0.3) is 11.3 Å². The summed E-state index contributed by atoms with van der Waals surface area (Å²) in [5, 5.41) is 13.1. The molecule has 3 heterocycles. The molecule has 0 radical (unpaired) electrons. The highest BCUT2D eigenvalue weighted by Gasteiger charge is 2.32. The number of carbonyl (C=O) groups excluding carboxylic acids is 1. The first-order chi connectivity index (χ1) is 20.1. The second-order valence-electron chi connectivity index (χ2n) is 9.01. The zero-order valence-corrected chi connectivity index (χ0v) is 22.0. The number of nitrogens with zero attached hydrogens (tertiary/aromatic N) is 4. The summed E-state index contributed by atoms with van der Waals surface area (Å²) in [6, 6.07) is 11.2. The van der Waals surface area contributed by atoms with E-state index in [4.69, 9.17) is 14.9 Å². The Balaban J connectivity index is 1.43. The molecule has 0 unspecified atom stereocenters. The second-order valence-corrected chi connectivity index (χ2v) is 9.01. The number of carbonyl (C=O) groups is 1. The molecule has 1 saturated heterocycles. The van der Waals surface area contributed by atoms with Crippen molar-refractivity contribution in [1.82, 2.24) is 19.9 Å². The Morgan fingerprint density at radius 1 is 1.12 bits per heavy atom. The molecule has 0 aliphatic carbocycles. The minimum atomic E-state index is -4.68. The van der Waals surface area contributed by atoms with E-state index in [9.17, 15) is 22.4 Å². The summed E-state index contributed by atoms with van der Waals surface area (Å²) in [5.41, 5.74) is -0.381. The van der Waals surface area contributed by atoms with Crippen LogP contribution in [-0.2, 0) is 17.5 Å². The highest BCUT2D eigenvalue weighted by Crippen LogP contribution is 2.34. The Bertz CT molecular complexity index is 1650. The molecule has 4 aromatic rings. The first-order valence-corrected chi connectivity index (χ1v) is 12.5. The van der Waals surface area contributed by atoms with Gasteiger partial charge in [0, 0.05) is 31.7 Å². The molecule has 10 nitrogen and oxygen atoms in total. The fourth-order valence-electron chi connectivity index (χ4n) is 4.15. The van der Waals surface area contributed by atoms with Crippen molar-refractivity contribution >= 4 is 23.6 Å². The van der Waals surface area contributed by atoms with Gasteiger partial charge in [0.15, 0.2) is 0 Å². The molecule has 42 heavy (non-hydrogen) atoms. The minimum Gasteiger partial charge on any atom is -0.463 e. The largest absolute Gasteiger partial charge is 0.463 e. The van der Waals surface area contributed by atoms with E-state index >= 15 is 0 Å². The third-order valence-electron chi connectivity index (χ3n) is 6.26. The molecule has 216 valence electrons. The lowest BCUT2D eigenvalue weighted by Gasteiger charge is -2.19. The first kappa shape index (κ1) is 28.3. The third-order valence-corrected chi connectivity index (χ3v) is 6.26. The zero-order chi connectivity index (χ0) is 29.9. The maximum Gasteiger partial charge on any atom is 0.416 e. The number of amidine groups is 1. The Morgan fingerprint density at radius 2 is 1.95 bits per heavy atom. The lowest BCUT2D eigenvalue weighted by Crippen LogP contribution is -2.25. The van der Waals surface area contributed by atoms with Crippen molar-refractivity contribution in [2.75, 3.05) is 30.8 Å². The number of rotatable bonds is 8. The van der Waals surface area contributed by atoms with Crippen LogP contribution in [0.2, 0.25) is 0 Å². The van der Waals surface area contributed by atoms with Crippen LogP contribution < -0.4 is 15.4 Å². The molecule has 1 aliphatic rings. The first-order valence-electron chi connectivity index (χ1n) is 12.5. The number of aromatic nitrogens is 3. The van der Waals surface area contributed by atoms with Gasteiger partial charge in [-0.25, -0.2) is 19.3 Å². The molecule has 0 atom stereocenters. The Morgan fingerprint density at radius 3 is 2.69 bits per heavy atom. The summed E-state index contributed by atoms with van der Waals surface area (Å²) in [6.45, 7) is 0.603. The quantitative estimate of drug-likeness (QED) is 0.231. The number of nitrogens with one attached hydrogen (secondary N) is 3. The molecule has 2 aromatic heterocycles. The number of hydrogen-bond acceptors (Lipinski definition) is 8. The summed E-state index contributed by atoms with van der Waals surface area (Å²) < 4.78 is 66.3. The van der Waals surface area contributed by atoms with Crippen molar-refractivity contribution in [2.24, 2.45) is 0 Å². The third kappa shape index (κ3) is 6.22. The fraction of sp³-hybridized carbons (Fsp3) is 0.179. The Hall–Kier alpha value is -5.27. The zero-order valence-electron chi connectivity index (χ0n) is 22.0. The van der Waals surface area contributed by atoms with Crippen LogP contribution in [0.5, 0.6) is 11.6 Å². The van der Waals surface area contributed by atoms with Gasteiger partial charge in [-0.05, 0) is 54.1 Å². The van der Waals surface area contributed by atoms with E-state index in [1.807, 2.05) is 0 Å². The number of alkyl halides is 3. The van der Waals surface area contributed by atoms with Crippen molar-refractivity contribution in [3.63, 3.8) is 0 Å². The summed E-state index contributed by atoms with van der Waals surface area (Å²) in [4.78, 5) is 27.4. The van der Waals surface area contributed by atoms with E-state index in [0.717, 1.165) is 24.3 Å². The van der Waals surface area contributed by atoms with Crippen molar-refractivity contribution in [3.8, 4) is 22.9 Å². The summed E-state index contributed by atoms with van der Waals surface area (Å²) in [5.74, 6) is -1.38. The molecule has 3 N–H and O–H groups in total. The van der Waals surface area contributed by atoms with Gasteiger partial charge in [0.1, 0.15) is 18.2 Å². The lowest BCUT2D eigenvalue weighted by molar-refractivity contribution is -0.137. The van der Waals surface area contributed by atoms with Crippen LogP contribution in [0.4, 0.5) is 29.2 Å². The average Bonchev–Trinajstić information content (AvgIpc) is 3.38. The van der Waals surface area contributed by atoms with Gasteiger partial charge in [-0.15, -0.1) is 0 Å². The molecule has 0 spiro atoms. The molecule has 1 aliphatic heterocycles. The van der Waals surface area contributed by atoms with E-state index in [-0.39, 0.29) is 42.1 Å². The number of amides is 1. The molecular weight excluding hydrogens is 558 g/mol. The van der Waals surface area contributed by atoms with Crippen LogP contribution in [0, 0.1) is 11.2 Å². The van der Waals surface area contributed by atoms with E-state index in [1.54, 1.807) is 31.4 Å². The monoisotopic (exact) mass is 581 g/mol. The van der Waals surface area contributed by atoms with E-state index < -0.39 is 29.0 Å². The minimum absolute atomic E-state index is 0.00101. The number of ether oxygens (including phenoxy) is 2. The number of benzene rings is 2. The number of halogens is 4. The molecule has 0 saturated carbocycles. The van der Waals surface area contributed by atoms with Crippen LogP contribution in [0.1, 0.15) is 21.5 Å². The highest BCUT2D eigenvalue weighted by molar-refractivity contribution is 6.05. The summed E-state index contributed by atoms with van der Waals surface area (Å²) in [7, 11) is 1.67. The fourth-order valence-corrected chi connectivity index (χ4v) is 4.15. The topological polar surface area (TPSA) is 125 Å². The normalized spacial score (nSPS) is 13.1. The second kappa shape index (κ2) is 11.7. The summed E-state index contributed by atoms with van der Waals surface area (Å²) >= 11 is 0. The Kier molecular flexibility index (Phi) is 7.86. The number of anilines is 2. The van der Waals surface area contributed by atoms with E-state index in [2.05, 4.69) is 25.6 Å². The Labute approximate surface area is 236 Å². The standard InChI is InChI=1S/C28H23F4N7O3/c1-34-27-36-10-8-22(38-27)19-3-2-9-35-25(19)42-18-6-7-21(29)20(14-18)24(40)37-23-13-17(28(30,31)32)5-4-16(23)15-39-11-12-41-26(39)33/h2-10,13-14,33H,11-12,15H2,1H3,(H,37,40)(H,34,36,38). The van der Waals surface area contributed by atoms with Crippen molar-refractivity contribution in [2.45, 2.75) is 12.7 Å². The molecule has 14 heteroatoms.